The fourth-order valence-electron chi connectivity index (χ4n) is 1.77. The van der Waals surface area contributed by atoms with Crippen LogP contribution in [0.25, 0.3) is 0 Å². The predicted molar refractivity (Wildman–Crippen MR) is 55.9 cm³/mol. The van der Waals surface area contributed by atoms with Crippen LogP contribution < -0.4 is 0 Å². The van der Waals surface area contributed by atoms with Gasteiger partial charge in [-0.25, -0.2) is 0 Å². The molecule has 0 radical (unpaired) electrons. The van der Waals surface area contributed by atoms with Gasteiger partial charge in [-0.05, 0) is 48.9 Å². The van der Waals surface area contributed by atoms with E-state index >= 15 is 0 Å². The van der Waals surface area contributed by atoms with E-state index < -0.39 is 0 Å². The minimum atomic E-state index is 0.891. The third-order valence-electron chi connectivity index (χ3n) is 2.51. The summed E-state index contributed by atoms with van der Waals surface area (Å²) in [7, 11) is 0. The second kappa shape index (κ2) is 3.04. The van der Waals surface area contributed by atoms with E-state index in [-0.39, 0.29) is 0 Å². The van der Waals surface area contributed by atoms with Crippen molar-refractivity contribution in [2.75, 3.05) is 0 Å². The first kappa shape index (κ1) is 8.58. The summed E-state index contributed by atoms with van der Waals surface area (Å²) >= 11 is 9.67. The fourth-order valence-corrected chi connectivity index (χ4v) is 2.78. The molecular formula is C10H10BrCl. The summed E-state index contributed by atoms with van der Waals surface area (Å²) in [4.78, 5) is 0. The Bertz CT molecular complexity index is 331. The topological polar surface area (TPSA) is 0 Å². The van der Waals surface area contributed by atoms with Gasteiger partial charge in [-0.15, -0.1) is 0 Å². The molecule has 0 fully saturated rings. The molecule has 0 bridgehead atoms. The third-order valence-corrected chi connectivity index (χ3v) is 3.98. The number of rotatable bonds is 0. The molecule has 0 unspecified atom stereocenters. The highest BCUT2D eigenvalue weighted by atomic mass is 79.9. The fraction of sp³-hybridized carbons (Fsp3) is 0.400. The van der Waals surface area contributed by atoms with Gasteiger partial charge in [0.25, 0.3) is 0 Å². The molecule has 0 nitrogen and oxygen atoms in total. The number of fused-ring (bicyclic) bond motifs is 1. The van der Waals surface area contributed by atoms with Crippen LogP contribution >= 0.6 is 27.5 Å². The summed E-state index contributed by atoms with van der Waals surface area (Å²) < 4.78 is 1.22. The monoisotopic (exact) mass is 244 g/mol. The third kappa shape index (κ3) is 1.20. The standard InChI is InChI=1S/C10H10BrCl/c1-6-9(12)5-7-3-2-4-8(7)10(6)11/h5H,2-4H2,1H3. The van der Waals surface area contributed by atoms with Crippen molar-refractivity contribution < 1.29 is 0 Å². The molecule has 0 spiro atoms. The quantitative estimate of drug-likeness (QED) is 0.650. The van der Waals surface area contributed by atoms with Gasteiger partial charge in [0.15, 0.2) is 0 Å². The summed E-state index contributed by atoms with van der Waals surface area (Å²) in [6.45, 7) is 2.06. The summed E-state index contributed by atoms with van der Waals surface area (Å²) in [6, 6.07) is 2.12. The molecule has 0 amide bonds. The van der Waals surface area contributed by atoms with E-state index in [1.54, 1.807) is 0 Å². The van der Waals surface area contributed by atoms with Crippen LogP contribution in [0.2, 0.25) is 5.02 Å². The minimum Gasteiger partial charge on any atom is -0.0840 e. The van der Waals surface area contributed by atoms with Gasteiger partial charge in [0, 0.05) is 9.50 Å². The van der Waals surface area contributed by atoms with E-state index in [4.69, 9.17) is 11.6 Å². The molecule has 0 heterocycles. The van der Waals surface area contributed by atoms with Gasteiger partial charge >= 0.3 is 0 Å². The zero-order valence-corrected chi connectivity index (χ0v) is 9.30. The van der Waals surface area contributed by atoms with Crippen LogP contribution in [0.5, 0.6) is 0 Å². The SMILES string of the molecule is Cc1c(Cl)cc2c(c1Br)CCC2. The molecular weight excluding hydrogens is 235 g/mol. The maximum atomic E-state index is 6.07. The van der Waals surface area contributed by atoms with Crippen LogP contribution in [-0.2, 0) is 12.8 Å². The summed E-state index contributed by atoms with van der Waals surface area (Å²) in [5.74, 6) is 0. The summed E-state index contributed by atoms with van der Waals surface area (Å²) in [5, 5.41) is 0.891. The Morgan fingerprint density at radius 1 is 1.42 bits per heavy atom. The van der Waals surface area contributed by atoms with E-state index in [0.29, 0.717) is 0 Å². The van der Waals surface area contributed by atoms with Crippen molar-refractivity contribution in [3.8, 4) is 0 Å². The van der Waals surface area contributed by atoms with Crippen molar-refractivity contribution >= 4 is 27.5 Å². The second-order valence-corrected chi connectivity index (χ2v) is 4.49. The summed E-state index contributed by atoms with van der Waals surface area (Å²) in [6.07, 6.45) is 3.66. The van der Waals surface area contributed by atoms with Crippen LogP contribution in [0.1, 0.15) is 23.1 Å². The minimum absolute atomic E-state index is 0.891. The highest BCUT2D eigenvalue weighted by Crippen LogP contribution is 2.35. The first-order valence-corrected chi connectivity index (χ1v) is 5.33. The Morgan fingerprint density at radius 2 is 2.17 bits per heavy atom. The normalized spacial score (nSPS) is 14.9. The lowest BCUT2D eigenvalue weighted by Crippen LogP contribution is -1.88. The smallest absolute Gasteiger partial charge is 0.0449 e. The van der Waals surface area contributed by atoms with Gasteiger partial charge in [0.1, 0.15) is 0 Å². The van der Waals surface area contributed by atoms with Crippen molar-refractivity contribution in [2.24, 2.45) is 0 Å². The number of hydrogen-bond acceptors (Lipinski definition) is 0. The predicted octanol–water partition coefficient (Wildman–Crippen LogP) is 3.90. The van der Waals surface area contributed by atoms with E-state index in [9.17, 15) is 0 Å². The van der Waals surface area contributed by atoms with E-state index in [0.717, 1.165) is 5.02 Å². The number of benzene rings is 1. The Kier molecular flexibility index (Phi) is 2.18. The van der Waals surface area contributed by atoms with E-state index in [1.807, 2.05) is 0 Å². The number of halogens is 2. The van der Waals surface area contributed by atoms with Gasteiger partial charge in [-0.1, -0.05) is 27.5 Å². The van der Waals surface area contributed by atoms with Crippen molar-refractivity contribution in [1.29, 1.82) is 0 Å². The average Bonchev–Trinajstić information content (AvgIpc) is 2.48. The molecule has 1 aromatic rings. The zero-order chi connectivity index (χ0) is 8.72. The summed E-state index contributed by atoms with van der Waals surface area (Å²) in [5.41, 5.74) is 4.08. The number of aryl methyl sites for hydroxylation is 1. The molecule has 2 rings (SSSR count). The highest BCUT2D eigenvalue weighted by molar-refractivity contribution is 9.10. The first-order valence-electron chi connectivity index (χ1n) is 4.16. The Morgan fingerprint density at radius 3 is 2.92 bits per heavy atom. The Balaban J connectivity index is 2.67. The van der Waals surface area contributed by atoms with Gasteiger partial charge < -0.3 is 0 Å². The molecule has 0 saturated carbocycles. The van der Waals surface area contributed by atoms with E-state index in [1.165, 1.54) is 40.4 Å². The van der Waals surface area contributed by atoms with E-state index in [2.05, 4.69) is 28.9 Å². The lowest BCUT2D eigenvalue weighted by atomic mass is 10.1. The second-order valence-electron chi connectivity index (χ2n) is 3.29. The largest absolute Gasteiger partial charge is 0.0840 e. The maximum absolute atomic E-state index is 6.07. The lowest BCUT2D eigenvalue weighted by Gasteiger charge is -2.07. The number of hydrogen-bond donors (Lipinski definition) is 0. The Hall–Kier alpha value is -0.0100. The van der Waals surface area contributed by atoms with Crippen LogP contribution in [0.3, 0.4) is 0 Å². The maximum Gasteiger partial charge on any atom is 0.0449 e. The van der Waals surface area contributed by atoms with Crippen molar-refractivity contribution in [2.45, 2.75) is 26.2 Å². The molecule has 0 atom stereocenters. The van der Waals surface area contributed by atoms with Crippen LogP contribution in [0, 0.1) is 6.92 Å². The average molecular weight is 246 g/mol. The molecule has 1 aliphatic carbocycles. The van der Waals surface area contributed by atoms with Crippen LogP contribution in [0.15, 0.2) is 10.5 Å². The molecule has 0 aliphatic heterocycles. The van der Waals surface area contributed by atoms with Crippen molar-refractivity contribution in [1.82, 2.24) is 0 Å². The van der Waals surface area contributed by atoms with Crippen LogP contribution in [0.4, 0.5) is 0 Å². The molecule has 1 aliphatic rings. The lowest BCUT2D eigenvalue weighted by molar-refractivity contribution is 0.910. The molecule has 0 saturated heterocycles. The molecule has 1 aromatic carbocycles. The van der Waals surface area contributed by atoms with Gasteiger partial charge in [0.2, 0.25) is 0 Å². The first-order chi connectivity index (χ1) is 5.70. The molecule has 2 heteroatoms. The molecule has 12 heavy (non-hydrogen) atoms. The van der Waals surface area contributed by atoms with Gasteiger partial charge in [0.05, 0.1) is 0 Å². The zero-order valence-electron chi connectivity index (χ0n) is 6.95. The van der Waals surface area contributed by atoms with Gasteiger partial charge in [-0.2, -0.15) is 0 Å². The van der Waals surface area contributed by atoms with Crippen molar-refractivity contribution in [3.63, 3.8) is 0 Å². The Labute approximate surface area is 86.1 Å². The van der Waals surface area contributed by atoms with Crippen molar-refractivity contribution in [3.05, 3.63) is 32.3 Å². The van der Waals surface area contributed by atoms with Crippen LogP contribution in [-0.4, -0.2) is 0 Å². The van der Waals surface area contributed by atoms with Gasteiger partial charge in [-0.3, -0.25) is 0 Å². The molecule has 64 valence electrons. The molecule has 0 aromatic heterocycles. The molecule has 0 N–H and O–H groups in total. The highest BCUT2D eigenvalue weighted by Gasteiger charge is 2.16.